The van der Waals surface area contributed by atoms with Gasteiger partial charge in [0.15, 0.2) is 17.3 Å². The van der Waals surface area contributed by atoms with E-state index in [1.165, 1.54) is 0 Å². The third-order valence-corrected chi connectivity index (χ3v) is 5.89. The molecule has 3 heterocycles. The molecule has 2 aliphatic heterocycles. The van der Waals surface area contributed by atoms with Crippen LogP contribution in [0.4, 0.5) is 23.0 Å². The summed E-state index contributed by atoms with van der Waals surface area (Å²) in [6.45, 7) is 6.39. The minimum Gasteiger partial charge on any atom is -0.495 e. The molecule has 0 radical (unpaired) electrons. The largest absolute Gasteiger partial charge is 0.495 e. The molecule has 2 fully saturated rings. The Bertz CT molecular complexity index is 974. The van der Waals surface area contributed by atoms with Gasteiger partial charge < -0.3 is 35.5 Å². The summed E-state index contributed by atoms with van der Waals surface area (Å²) in [5, 5.41) is 6.70. The number of carbonyl (C=O) groups excluding carboxylic acids is 1. The number of hydrogen-bond donors (Lipinski definition) is 3. The minimum atomic E-state index is -0.630. The second kappa shape index (κ2) is 10.7. The summed E-state index contributed by atoms with van der Waals surface area (Å²) in [5.74, 6) is 1.07. The average Bonchev–Trinajstić information content (AvgIpc) is 2.85. The molecule has 178 valence electrons. The standard InChI is InChI=1S/C23H32N6O4/c1-3-17-22(25-15-6-10-32-11-7-15)28-23(20(27-17)21(24)30)26-16-4-5-18(19(14-16)31-2)29-8-12-33-13-9-29/h4-5,14-15H,3,6-13H2,1-2H3,(H2,24,30)(H2,25,26,28). The number of methoxy groups -OCH3 is 1. The Morgan fingerprint density at radius 3 is 2.55 bits per heavy atom. The zero-order chi connectivity index (χ0) is 23.2. The van der Waals surface area contributed by atoms with Gasteiger partial charge in [0, 0.05) is 44.1 Å². The molecule has 0 unspecified atom stereocenters. The lowest BCUT2D eigenvalue weighted by atomic mass is 10.1. The Hall–Kier alpha value is -3.11. The van der Waals surface area contributed by atoms with E-state index in [4.69, 9.17) is 24.9 Å². The highest BCUT2D eigenvalue weighted by Gasteiger charge is 2.21. The summed E-state index contributed by atoms with van der Waals surface area (Å²) in [6, 6.07) is 6.06. The van der Waals surface area contributed by atoms with Gasteiger partial charge in [-0.25, -0.2) is 9.97 Å². The van der Waals surface area contributed by atoms with Crippen LogP contribution in [0.1, 0.15) is 35.9 Å². The lowest BCUT2D eigenvalue weighted by Gasteiger charge is -2.30. The fraction of sp³-hybridized carbons (Fsp3) is 0.522. The van der Waals surface area contributed by atoms with E-state index in [0.29, 0.717) is 50.2 Å². The monoisotopic (exact) mass is 456 g/mol. The molecule has 2 aromatic rings. The molecule has 0 aliphatic carbocycles. The van der Waals surface area contributed by atoms with Crippen molar-refractivity contribution in [2.75, 3.05) is 62.2 Å². The molecule has 10 heteroatoms. The third kappa shape index (κ3) is 5.45. The number of primary amides is 1. The van der Waals surface area contributed by atoms with Crippen molar-refractivity contribution < 1.29 is 19.0 Å². The molecule has 1 aromatic carbocycles. The zero-order valence-corrected chi connectivity index (χ0v) is 19.2. The first-order valence-corrected chi connectivity index (χ1v) is 11.4. The average molecular weight is 457 g/mol. The molecule has 33 heavy (non-hydrogen) atoms. The Morgan fingerprint density at radius 1 is 1.15 bits per heavy atom. The van der Waals surface area contributed by atoms with Gasteiger partial charge in [-0.2, -0.15) is 0 Å². The van der Waals surface area contributed by atoms with Crippen molar-refractivity contribution in [2.45, 2.75) is 32.2 Å². The van der Waals surface area contributed by atoms with Crippen LogP contribution in [0.2, 0.25) is 0 Å². The van der Waals surface area contributed by atoms with Crippen LogP contribution in [0.15, 0.2) is 18.2 Å². The van der Waals surface area contributed by atoms with E-state index in [-0.39, 0.29) is 11.7 Å². The van der Waals surface area contributed by atoms with Crippen molar-refractivity contribution in [1.82, 2.24) is 9.97 Å². The van der Waals surface area contributed by atoms with Crippen LogP contribution in [-0.4, -0.2) is 68.5 Å². The number of hydrogen-bond acceptors (Lipinski definition) is 9. The highest BCUT2D eigenvalue weighted by atomic mass is 16.5. The molecule has 2 saturated heterocycles. The summed E-state index contributed by atoms with van der Waals surface area (Å²) in [7, 11) is 1.64. The molecule has 4 N–H and O–H groups in total. The van der Waals surface area contributed by atoms with Crippen molar-refractivity contribution in [2.24, 2.45) is 5.73 Å². The first-order chi connectivity index (χ1) is 16.1. The number of anilines is 4. The Balaban J connectivity index is 1.62. The maximum atomic E-state index is 12.2. The molecule has 0 saturated carbocycles. The van der Waals surface area contributed by atoms with Gasteiger partial charge in [0.05, 0.1) is 31.7 Å². The smallest absolute Gasteiger partial charge is 0.271 e. The van der Waals surface area contributed by atoms with E-state index in [2.05, 4.69) is 20.5 Å². The van der Waals surface area contributed by atoms with Crippen LogP contribution in [-0.2, 0) is 15.9 Å². The van der Waals surface area contributed by atoms with Crippen molar-refractivity contribution in [3.8, 4) is 5.75 Å². The van der Waals surface area contributed by atoms with Gasteiger partial charge in [-0.1, -0.05) is 6.92 Å². The van der Waals surface area contributed by atoms with E-state index in [1.807, 2.05) is 25.1 Å². The van der Waals surface area contributed by atoms with Crippen LogP contribution in [0, 0.1) is 0 Å². The van der Waals surface area contributed by atoms with Gasteiger partial charge in [-0.05, 0) is 31.4 Å². The first kappa shape index (κ1) is 23.1. The highest BCUT2D eigenvalue weighted by molar-refractivity contribution is 5.96. The molecule has 1 aromatic heterocycles. The Morgan fingerprint density at radius 2 is 1.88 bits per heavy atom. The van der Waals surface area contributed by atoms with E-state index < -0.39 is 5.91 Å². The number of rotatable bonds is 8. The minimum absolute atomic E-state index is 0.112. The SMILES string of the molecule is CCc1nc(C(N)=O)c(Nc2ccc(N3CCOCC3)c(OC)c2)nc1NC1CCOCC1. The second-order valence-electron chi connectivity index (χ2n) is 8.08. The highest BCUT2D eigenvalue weighted by Crippen LogP contribution is 2.33. The predicted octanol–water partition coefficient (Wildman–Crippen LogP) is 2.32. The summed E-state index contributed by atoms with van der Waals surface area (Å²) in [5.41, 5.74) is 8.18. The van der Waals surface area contributed by atoms with Crippen LogP contribution < -0.4 is 26.0 Å². The fourth-order valence-corrected chi connectivity index (χ4v) is 4.08. The van der Waals surface area contributed by atoms with Gasteiger partial charge in [-0.3, -0.25) is 4.79 Å². The molecule has 1 amide bonds. The van der Waals surface area contributed by atoms with Gasteiger partial charge in [-0.15, -0.1) is 0 Å². The second-order valence-corrected chi connectivity index (χ2v) is 8.08. The van der Waals surface area contributed by atoms with E-state index in [0.717, 1.165) is 43.1 Å². The maximum Gasteiger partial charge on any atom is 0.271 e. The Kier molecular flexibility index (Phi) is 7.46. The van der Waals surface area contributed by atoms with Crippen molar-refractivity contribution in [3.63, 3.8) is 0 Å². The van der Waals surface area contributed by atoms with Crippen molar-refractivity contribution in [3.05, 3.63) is 29.6 Å². The molecular weight excluding hydrogens is 424 g/mol. The van der Waals surface area contributed by atoms with Gasteiger partial charge >= 0.3 is 0 Å². The summed E-state index contributed by atoms with van der Waals surface area (Å²) in [6.07, 6.45) is 2.41. The van der Waals surface area contributed by atoms with Gasteiger partial charge in [0.1, 0.15) is 5.75 Å². The van der Waals surface area contributed by atoms with Crippen molar-refractivity contribution >= 4 is 28.9 Å². The number of ether oxygens (including phenoxy) is 3. The number of morpholine rings is 1. The predicted molar refractivity (Wildman–Crippen MR) is 127 cm³/mol. The van der Waals surface area contributed by atoms with Crippen LogP contribution >= 0.6 is 0 Å². The van der Waals surface area contributed by atoms with E-state index in [1.54, 1.807) is 7.11 Å². The summed E-state index contributed by atoms with van der Waals surface area (Å²) < 4.78 is 16.5. The fourth-order valence-electron chi connectivity index (χ4n) is 4.08. The topological polar surface area (TPSA) is 124 Å². The molecule has 0 bridgehead atoms. The summed E-state index contributed by atoms with van der Waals surface area (Å²) in [4.78, 5) is 23.7. The normalized spacial score (nSPS) is 17.0. The van der Waals surface area contributed by atoms with Gasteiger partial charge in [0.25, 0.3) is 5.91 Å². The lowest BCUT2D eigenvalue weighted by Crippen LogP contribution is -2.36. The molecule has 2 aliphatic rings. The van der Waals surface area contributed by atoms with Crippen LogP contribution in [0.5, 0.6) is 5.75 Å². The molecular formula is C23H32N6O4. The van der Waals surface area contributed by atoms with Gasteiger partial charge in [0.2, 0.25) is 0 Å². The molecule has 10 nitrogen and oxygen atoms in total. The number of amides is 1. The number of benzene rings is 1. The number of aromatic nitrogens is 2. The quantitative estimate of drug-likeness (QED) is 0.549. The molecule has 0 spiro atoms. The molecule has 4 rings (SSSR count). The number of nitrogens with one attached hydrogen (secondary N) is 2. The summed E-state index contributed by atoms with van der Waals surface area (Å²) >= 11 is 0. The number of nitrogens with two attached hydrogens (primary N) is 1. The lowest BCUT2D eigenvalue weighted by molar-refractivity contribution is 0.0903. The Labute approximate surface area is 193 Å². The number of carbonyl (C=O) groups is 1. The third-order valence-electron chi connectivity index (χ3n) is 5.89. The van der Waals surface area contributed by atoms with E-state index in [9.17, 15) is 4.79 Å². The van der Waals surface area contributed by atoms with Crippen LogP contribution in [0.3, 0.4) is 0 Å². The van der Waals surface area contributed by atoms with Crippen LogP contribution in [0.25, 0.3) is 0 Å². The first-order valence-electron chi connectivity index (χ1n) is 11.4. The number of aryl methyl sites for hydroxylation is 1. The van der Waals surface area contributed by atoms with Crippen molar-refractivity contribution in [1.29, 1.82) is 0 Å². The zero-order valence-electron chi connectivity index (χ0n) is 19.2. The number of nitrogens with zero attached hydrogens (tertiary/aromatic N) is 3. The molecule has 0 atom stereocenters. The maximum absolute atomic E-state index is 12.2. The van der Waals surface area contributed by atoms with E-state index >= 15 is 0 Å².